The molecule has 1 heterocycles. The summed E-state index contributed by atoms with van der Waals surface area (Å²) in [5.74, 6) is -2.76. The van der Waals surface area contributed by atoms with Crippen LogP contribution in [0.4, 0.5) is 14.5 Å². The summed E-state index contributed by atoms with van der Waals surface area (Å²) in [5.41, 5.74) is 1.20. The zero-order valence-corrected chi connectivity index (χ0v) is 17.3. The summed E-state index contributed by atoms with van der Waals surface area (Å²) in [6.45, 7) is 1.09. The zero-order valence-electron chi connectivity index (χ0n) is 15.7. The van der Waals surface area contributed by atoms with Gasteiger partial charge in [0.2, 0.25) is 15.9 Å². The second-order valence-electron chi connectivity index (χ2n) is 6.74. The van der Waals surface area contributed by atoms with E-state index in [1.807, 2.05) is 0 Å². The molecule has 9 heteroatoms. The first-order chi connectivity index (χ1) is 13.8. The predicted molar refractivity (Wildman–Crippen MR) is 110 cm³/mol. The van der Waals surface area contributed by atoms with Gasteiger partial charge in [0.15, 0.2) is 0 Å². The number of hydrogen-bond acceptors (Lipinski definition) is 4. The van der Waals surface area contributed by atoms with Crippen LogP contribution >= 0.6 is 11.8 Å². The number of alkyl halides is 2. The summed E-state index contributed by atoms with van der Waals surface area (Å²) in [4.78, 5) is 12.9. The van der Waals surface area contributed by atoms with Crippen LogP contribution in [0.2, 0.25) is 0 Å². The standard InChI is InChI=1S/C20H22F2N2O3S2/c21-20(22)28-17-8-6-16(7-9-17)23-19(25)14-15-4-10-18(11-5-15)29(26,27)24-12-2-1-3-13-24/h4-11,20H,1-3,12-14H2,(H,23,25). The van der Waals surface area contributed by atoms with Crippen molar-refractivity contribution in [1.82, 2.24) is 4.31 Å². The number of hydrogen-bond donors (Lipinski definition) is 1. The van der Waals surface area contributed by atoms with E-state index in [0.29, 0.717) is 41.0 Å². The third kappa shape index (κ3) is 6.01. The Morgan fingerprint density at radius 3 is 2.21 bits per heavy atom. The van der Waals surface area contributed by atoms with Crippen molar-refractivity contribution in [3.63, 3.8) is 0 Å². The molecule has 5 nitrogen and oxygen atoms in total. The number of halogens is 2. The summed E-state index contributed by atoms with van der Waals surface area (Å²) < 4.78 is 51.5. The number of carbonyl (C=O) groups excluding carboxylic acids is 1. The normalized spacial score (nSPS) is 15.4. The van der Waals surface area contributed by atoms with Gasteiger partial charge in [-0.25, -0.2) is 8.42 Å². The second-order valence-corrected chi connectivity index (χ2v) is 9.74. The van der Waals surface area contributed by atoms with E-state index >= 15 is 0 Å². The first-order valence-electron chi connectivity index (χ1n) is 9.28. The maximum atomic E-state index is 12.7. The monoisotopic (exact) mass is 440 g/mol. The third-order valence-corrected chi connectivity index (χ3v) is 7.24. The lowest BCUT2D eigenvalue weighted by Gasteiger charge is -2.25. The summed E-state index contributed by atoms with van der Waals surface area (Å²) >= 11 is 0.443. The fourth-order valence-electron chi connectivity index (χ4n) is 3.14. The molecule has 1 amide bonds. The number of carbonyl (C=O) groups is 1. The fraction of sp³-hybridized carbons (Fsp3) is 0.350. The highest BCUT2D eigenvalue weighted by Gasteiger charge is 2.25. The van der Waals surface area contributed by atoms with Gasteiger partial charge in [-0.2, -0.15) is 13.1 Å². The van der Waals surface area contributed by atoms with E-state index in [0.717, 1.165) is 19.3 Å². The van der Waals surface area contributed by atoms with Gasteiger partial charge in [0.25, 0.3) is 5.76 Å². The maximum absolute atomic E-state index is 12.7. The number of piperidine rings is 1. The lowest BCUT2D eigenvalue weighted by atomic mass is 10.1. The van der Waals surface area contributed by atoms with E-state index in [1.165, 1.54) is 28.6 Å². The molecule has 1 aliphatic heterocycles. The van der Waals surface area contributed by atoms with Crippen molar-refractivity contribution in [3.8, 4) is 0 Å². The molecule has 2 aromatic rings. The van der Waals surface area contributed by atoms with Crippen LogP contribution in [0.3, 0.4) is 0 Å². The molecule has 2 aromatic carbocycles. The largest absolute Gasteiger partial charge is 0.326 e. The topological polar surface area (TPSA) is 66.5 Å². The molecule has 1 fully saturated rings. The molecule has 3 rings (SSSR count). The lowest BCUT2D eigenvalue weighted by Crippen LogP contribution is -2.35. The average molecular weight is 441 g/mol. The number of benzene rings is 2. The lowest BCUT2D eigenvalue weighted by molar-refractivity contribution is -0.115. The van der Waals surface area contributed by atoms with Crippen molar-refractivity contribution < 1.29 is 22.0 Å². The van der Waals surface area contributed by atoms with Gasteiger partial charge in [-0.1, -0.05) is 30.3 Å². The SMILES string of the molecule is O=C(Cc1ccc(S(=O)(=O)N2CCCCC2)cc1)Nc1ccc(SC(F)F)cc1. The Labute approximate surface area is 173 Å². The summed E-state index contributed by atoms with van der Waals surface area (Å²) in [7, 11) is -3.49. The van der Waals surface area contributed by atoms with Gasteiger partial charge < -0.3 is 5.32 Å². The summed E-state index contributed by atoms with van der Waals surface area (Å²) in [6, 6.07) is 12.5. The number of sulfonamides is 1. The minimum atomic E-state index is -3.49. The van der Waals surface area contributed by atoms with Crippen LogP contribution < -0.4 is 5.32 Å². The van der Waals surface area contributed by atoms with E-state index in [1.54, 1.807) is 24.3 Å². The van der Waals surface area contributed by atoms with Gasteiger partial charge in [-0.3, -0.25) is 4.79 Å². The first-order valence-corrected chi connectivity index (χ1v) is 11.6. The molecule has 1 N–H and O–H groups in total. The van der Waals surface area contributed by atoms with Gasteiger partial charge in [0.1, 0.15) is 0 Å². The van der Waals surface area contributed by atoms with Gasteiger partial charge in [-0.05, 0) is 54.8 Å². The van der Waals surface area contributed by atoms with Crippen LogP contribution in [0.1, 0.15) is 24.8 Å². The molecule has 1 aliphatic rings. The van der Waals surface area contributed by atoms with E-state index in [-0.39, 0.29) is 17.2 Å². The van der Waals surface area contributed by atoms with Crippen LogP contribution in [0.25, 0.3) is 0 Å². The number of nitrogens with one attached hydrogen (secondary N) is 1. The number of rotatable bonds is 7. The zero-order chi connectivity index (χ0) is 20.9. The molecular weight excluding hydrogens is 418 g/mol. The quantitative estimate of drug-likeness (QED) is 0.650. The van der Waals surface area contributed by atoms with Crippen LogP contribution in [-0.4, -0.2) is 37.5 Å². The molecular formula is C20H22F2N2O3S2. The number of thioether (sulfide) groups is 1. The van der Waals surface area contributed by atoms with E-state index in [4.69, 9.17) is 0 Å². The first kappa shape index (κ1) is 21.7. The molecule has 156 valence electrons. The Kier molecular flexibility index (Phi) is 7.26. The highest BCUT2D eigenvalue weighted by Crippen LogP contribution is 2.26. The van der Waals surface area contributed by atoms with Crippen molar-refractivity contribution in [3.05, 3.63) is 54.1 Å². The van der Waals surface area contributed by atoms with Crippen LogP contribution in [0.15, 0.2) is 58.3 Å². The molecule has 0 aliphatic carbocycles. The Bertz CT molecular complexity index is 927. The third-order valence-electron chi connectivity index (χ3n) is 4.60. The molecule has 0 bridgehead atoms. The molecule has 0 radical (unpaired) electrons. The van der Waals surface area contributed by atoms with E-state index in [2.05, 4.69) is 5.32 Å². The average Bonchev–Trinajstić information content (AvgIpc) is 2.70. The summed E-state index contributed by atoms with van der Waals surface area (Å²) in [6.07, 6.45) is 2.88. The Balaban J connectivity index is 1.58. The van der Waals surface area contributed by atoms with Gasteiger partial charge >= 0.3 is 0 Å². The second kappa shape index (κ2) is 9.69. The van der Waals surface area contributed by atoms with E-state index in [9.17, 15) is 22.0 Å². The Hall–Kier alpha value is -1.97. The predicted octanol–water partition coefficient (Wildman–Crippen LogP) is 4.36. The molecule has 29 heavy (non-hydrogen) atoms. The molecule has 0 atom stereocenters. The fourth-order valence-corrected chi connectivity index (χ4v) is 5.16. The molecule has 0 unspecified atom stereocenters. The van der Waals surface area contributed by atoms with Gasteiger partial charge in [-0.15, -0.1) is 0 Å². The van der Waals surface area contributed by atoms with Crippen molar-refractivity contribution in [2.75, 3.05) is 18.4 Å². The maximum Gasteiger partial charge on any atom is 0.288 e. The van der Waals surface area contributed by atoms with E-state index < -0.39 is 15.8 Å². The van der Waals surface area contributed by atoms with Gasteiger partial charge in [0.05, 0.1) is 11.3 Å². The highest BCUT2D eigenvalue weighted by molar-refractivity contribution is 7.99. The number of amides is 1. The highest BCUT2D eigenvalue weighted by atomic mass is 32.2. The van der Waals surface area contributed by atoms with Crippen molar-refractivity contribution in [1.29, 1.82) is 0 Å². The molecule has 0 aromatic heterocycles. The molecule has 0 spiro atoms. The minimum Gasteiger partial charge on any atom is -0.326 e. The molecule has 1 saturated heterocycles. The van der Waals surface area contributed by atoms with Crippen molar-refractivity contribution in [2.45, 2.75) is 41.2 Å². The van der Waals surface area contributed by atoms with Gasteiger partial charge in [0, 0.05) is 23.7 Å². The number of nitrogens with zero attached hydrogens (tertiary/aromatic N) is 1. The van der Waals surface area contributed by atoms with Crippen molar-refractivity contribution in [2.24, 2.45) is 0 Å². The number of anilines is 1. The van der Waals surface area contributed by atoms with Crippen LogP contribution in [0.5, 0.6) is 0 Å². The van der Waals surface area contributed by atoms with Crippen LogP contribution in [-0.2, 0) is 21.2 Å². The smallest absolute Gasteiger partial charge is 0.288 e. The minimum absolute atomic E-state index is 0.0809. The Morgan fingerprint density at radius 1 is 1.00 bits per heavy atom. The summed E-state index contributed by atoms with van der Waals surface area (Å²) in [5, 5.41) is 2.71. The van der Waals surface area contributed by atoms with Crippen LogP contribution in [0, 0.1) is 0 Å². The Morgan fingerprint density at radius 2 is 1.62 bits per heavy atom. The van der Waals surface area contributed by atoms with Crippen molar-refractivity contribution >= 4 is 33.4 Å². The molecule has 0 saturated carbocycles.